The highest BCUT2D eigenvalue weighted by Crippen LogP contribution is 2.59. The van der Waals surface area contributed by atoms with Crippen LogP contribution in [-0.4, -0.2) is 59.8 Å². The summed E-state index contributed by atoms with van der Waals surface area (Å²) >= 11 is 1.77. The van der Waals surface area contributed by atoms with Gasteiger partial charge in [-0.25, -0.2) is 44.9 Å². The monoisotopic (exact) mass is 1700 g/mol. The molecule has 0 N–H and O–H groups in total. The number of para-hydroxylation sites is 3. The van der Waals surface area contributed by atoms with Crippen molar-refractivity contribution in [2.24, 2.45) is 0 Å². The summed E-state index contributed by atoms with van der Waals surface area (Å²) in [6, 6.07) is 115. The molecule has 0 saturated carbocycles. The number of nitrogens with zero attached hydrogens (tertiary/aromatic N) is 12. The number of hydrogen-bond acceptors (Lipinski definition) is 16. The minimum atomic E-state index is -0.327. The summed E-state index contributed by atoms with van der Waals surface area (Å²) in [5.74, 6) is 5.44. The zero-order valence-electron chi connectivity index (χ0n) is 72.0. The Hall–Kier alpha value is -16.6. The van der Waals surface area contributed by atoms with Gasteiger partial charge in [-0.3, -0.25) is 15.0 Å². The number of hydrogen-bond donors (Lipinski definition) is 0. The second-order valence-corrected chi connectivity index (χ2v) is 36.3. The molecule has 0 aliphatic heterocycles. The van der Waals surface area contributed by atoms with E-state index in [9.17, 15) is 0 Å². The van der Waals surface area contributed by atoms with Gasteiger partial charge in [-0.15, -0.1) is 11.3 Å². The first kappa shape index (κ1) is 76.8. The van der Waals surface area contributed by atoms with E-state index in [2.05, 4.69) is 281 Å². The van der Waals surface area contributed by atoms with Gasteiger partial charge >= 0.3 is 0 Å². The van der Waals surface area contributed by atoms with Gasteiger partial charge in [0.05, 0.1) is 0 Å². The Morgan fingerprint density at radius 1 is 0.221 bits per heavy atom. The molecule has 24 aromatic rings. The van der Waals surface area contributed by atoms with E-state index in [4.69, 9.17) is 58.1 Å². The number of rotatable bonds is 9. The summed E-state index contributed by atoms with van der Waals surface area (Å²) < 4.78 is 21.3. The SMILES string of the molecule is CC1(C)c2c(-c3nc(-c4ccccc4)nc(-c4cccc5ccccc45)n3)cccc2-c2ccc3oc4ccccc4c3c21.CC1(C)c2cc(-c3nc(-c4ccccn4)nc(-c4cccc5c4sc4ccccc45)n3)ccc2-c2ccc3oc4ccccc4c3c21.CC1(C)c2cc(-c3nc(-c4ccccn4)nc(-c4ccccn4)n3)ccc2-c2ccc3oc4ccccc4c3c21. The number of aromatic nitrogens is 12. The maximum atomic E-state index is 6.32. The van der Waals surface area contributed by atoms with Crippen LogP contribution in [0.15, 0.2) is 365 Å². The van der Waals surface area contributed by atoms with Crippen LogP contribution >= 0.6 is 11.3 Å². The standard InChI is InChI=1S/C41H26N4OS.C40H27N3O.C34H23N5O/c1-41(2)30-22-23(17-18-24(30)26-19-20-33-35(36(26)41)28-11-3-5-15-32(28)46-33)38-43-39(45-40(44-38)31-14-7-8-21-42-31)29-13-9-12-27-25-10-4-6-16-34(25)47-37(27)29;1-40(2)35-27(28-22-23-33-34(36(28)40)30-17-8-9-21-32(30)44-33)18-11-20-31(35)39-42-37(25-13-4-3-5-14-25)41-38(43-39)29-19-10-15-24-12-6-7-16-26(24)29;1-34(2)24-19-20(13-14-21(24)22-15-16-28-29(30(22)34)23-9-3-4-12-27(23)40-28)31-37-32(25-10-5-7-17-35-25)39-33(38-31)26-11-6-8-18-36-26/h3-22H,1-2H3;3-23H,1-2H3;3-19H,1-2H3. The average Bonchev–Trinajstić information content (AvgIpc) is 1.55. The molecule has 3 aliphatic carbocycles. The molecule has 0 spiro atoms. The van der Waals surface area contributed by atoms with Crippen LogP contribution in [0.1, 0.15) is 74.9 Å². The third kappa shape index (κ3) is 12.4. The molecule has 27 rings (SSSR count). The van der Waals surface area contributed by atoms with Gasteiger partial charge in [0.15, 0.2) is 52.4 Å². The second-order valence-electron chi connectivity index (χ2n) is 35.2. The fourth-order valence-electron chi connectivity index (χ4n) is 20.6. The Morgan fingerprint density at radius 3 is 1.10 bits per heavy atom. The third-order valence-electron chi connectivity index (χ3n) is 26.5. The minimum absolute atomic E-state index is 0.256. The Labute approximate surface area is 755 Å². The summed E-state index contributed by atoms with van der Waals surface area (Å²) in [5, 5.41) is 11.7. The molecule has 0 fully saturated rings. The number of fused-ring (bicyclic) bond motifs is 25. The van der Waals surface area contributed by atoms with Crippen LogP contribution < -0.4 is 0 Å². The zero-order chi connectivity index (χ0) is 87.5. The number of benzene rings is 14. The molecule has 3 aliphatic rings. The molecule has 16 heteroatoms. The van der Waals surface area contributed by atoms with Crippen molar-refractivity contribution in [3.63, 3.8) is 0 Å². The second kappa shape index (κ2) is 29.8. The maximum Gasteiger partial charge on any atom is 0.182 e. The van der Waals surface area contributed by atoms with Crippen molar-refractivity contribution in [2.45, 2.75) is 57.8 Å². The van der Waals surface area contributed by atoms with E-state index >= 15 is 0 Å². The molecule has 0 atom stereocenters. The van der Waals surface area contributed by atoms with Gasteiger partial charge in [0.25, 0.3) is 0 Å². The largest absolute Gasteiger partial charge is 0.456 e. The molecule has 0 amide bonds. The van der Waals surface area contributed by atoms with Crippen molar-refractivity contribution in [2.75, 3.05) is 0 Å². The maximum absolute atomic E-state index is 6.32. The molecular formula is C115H76N12O3S. The fourth-order valence-corrected chi connectivity index (χ4v) is 21.8. The molecule has 0 saturated heterocycles. The van der Waals surface area contributed by atoms with Gasteiger partial charge in [0.2, 0.25) is 0 Å². The van der Waals surface area contributed by atoms with E-state index in [1.54, 1.807) is 29.9 Å². The van der Waals surface area contributed by atoms with Gasteiger partial charge in [0.1, 0.15) is 50.6 Å². The topological polar surface area (TPSA) is 194 Å². The highest BCUT2D eigenvalue weighted by molar-refractivity contribution is 7.26. The van der Waals surface area contributed by atoms with Crippen LogP contribution in [0.5, 0.6) is 0 Å². The van der Waals surface area contributed by atoms with Gasteiger partial charge in [-0.05, 0) is 175 Å². The summed E-state index contributed by atoms with van der Waals surface area (Å²) in [5.41, 5.74) is 27.5. The number of thiophene rings is 1. The molecule has 620 valence electrons. The van der Waals surface area contributed by atoms with E-state index in [0.29, 0.717) is 69.5 Å². The van der Waals surface area contributed by atoms with Crippen molar-refractivity contribution < 1.29 is 13.3 Å². The molecule has 10 aromatic heterocycles. The summed E-state index contributed by atoms with van der Waals surface area (Å²) in [6.07, 6.45) is 5.27. The van der Waals surface area contributed by atoms with Crippen LogP contribution in [0, 0.1) is 0 Å². The highest BCUT2D eigenvalue weighted by Gasteiger charge is 2.43. The smallest absolute Gasteiger partial charge is 0.182 e. The van der Waals surface area contributed by atoms with E-state index in [1.165, 1.54) is 103 Å². The fraction of sp³-hybridized carbons (Fsp3) is 0.0783. The van der Waals surface area contributed by atoms with Crippen molar-refractivity contribution in [3.05, 3.63) is 386 Å². The lowest BCUT2D eigenvalue weighted by Gasteiger charge is -2.25. The van der Waals surface area contributed by atoms with Gasteiger partial charge < -0.3 is 13.3 Å². The minimum Gasteiger partial charge on any atom is -0.456 e. The zero-order valence-corrected chi connectivity index (χ0v) is 72.8. The normalized spacial score (nSPS) is 13.5. The molecule has 0 bridgehead atoms. The lowest BCUT2D eigenvalue weighted by Crippen LogP contribution is -2.17. The predicted octanol–water partition coefficient (Wildman–Crippen LogP) is 28.9. The first-order valence-electron chi connectivity index (χ1n) is 44.0. The van der Waals surface area contributed by atoms with Crippen LogP contribution in [0.25, 0.3) is 233 Å². The molecule has 131 heavy (non-hydrogen) atoms. The molecule has 15 nitrogen and oxygen atoms in total. The summed E-state index contributed by atoms with van der Waals surface area (Å²) in [4.78, 5) is 58.7. The van der Waals surface area contributed by atoms with Crippen molar-refractivity contribution in [1.82, 2.24) is 59.8 Å². The Morgan fingerprint density at radius 2 is 0.573 bits per heavy atom. The van der Waals surface area contributed by atoms with Crippen LogP contribution in [-0.2, 0) is 16.2 Å². The van der Waals surface area contributed by atoms with Crippen LogP contribution in [0.3, 0.4) is 0 Å². The third-order valence-corrected chi connectivity index (χ3v) is 27.7. The molecule has 0 radical (unpaired) electrons. The highest BCUT2D eigenvalue weighted by atomic mass is 32.1. The lowest BCUT2D eigenvalue weighted by atomic mass is 9.78. The van der Waals surface area contributed by atoms with E-state index in [1.807, 2.05) is 109 Å². The van der Waals surface area contributed by atoms with Crippen LogP contribution in [0.4, 0.5) is 0 Å². The van der Waals surface area contributed by atoms with E-state index < -0.39 is 0 Å². The first-order valence-corrected chi connectivity index (χ1v) is 44.8. The predicted molar refractivity (Wildman–Crippen MR) is 527 cm³/mol. The quantitative estimate of drug-likeness (QED) is 0.132. The average molecular weight is 1710 g/mol. The molecule has 10 heterocycles. The summed E-state index contributed by atoms with van der Waals surface area (Å²) in [7, 11) is 0. The number of pyridine rings is 3. The molecular weight excluding hydrogens is 1630 g/mol. The summed E-state index contributed by atoms with van der Waals surface area (Å²) in [6.45, 7) is 13.8. The van der Waals surface area contributed by atoms with E-state index in [-0.39, 0.29) is 16.2 Å². The lowest BCUT2D eigenvalue weighted by molar-refractivity contribution is 0.657. The van der Waals surface area contributed by atoms with Gasteiger partial charge in [-0.2, -0.15) is 0 Å². The van der Waals surface area contributed by atoms with Crippen molar-refractivity contribution >= 4 is 108 Å². The Bertz CT molecular complexity index is 8780. The molecule has 14 aromatic carbocycles. The Balaban J connectivity index is 0.000000106. The van der Waals surface area contributed by atoms with Gasteiger partial charge in [0, 0.05) is 121 Å². The Kier molecular flexibility index (Phi) is 17.5. The van der Waals surface area contributed by atoms with E-state index in [0.717, 1.165) is 93.8 Å². The first-order chi connectivity index (χ1) is 64.2. The van der Waals surface area contributed by atoms with Crippen molar-refractivity contribution in [1.29, 1.82) is 0 Å². The molecule has 0 unspecified atom stereocenters. The van der Waals surface area contributed by atoms with Crippen LogP contribution in [0.2, 0.25) is 0 Å². The van der Waals surface area contributed by atoms with Gasteiger partial charge in [-0.1, -0.05) is 278 Å². The number of furan rings is 3. The van der Waals surface area contributed by atoms with Crippen molar-refractivity contribution in [3.8, 4) is 136 Å².